The minimum Gasteiger partial charge on any atom is -0.353 e. The molecule has 1 heterocycles. The molecule has 0 spiro atoms. The van der Waals surface area contributed by atoms with E-state index in [2.05, 4.69) is 126 Å². The lowest BCUT2D eigenvalue weighted by atomic mass is 9.91. The van der Waals surface area contributed by atoms with E-state index in [1.165, 1.54) is 76.0 Å². The highest BCUT2D eigenvalue weighted by Crippen LogP contribution is 2.45. The number of hydrogen-bond donors (Lipinski definition) is 1. The molecule has 0 aliphatic carbocycles. The highest BCUT2D eigenvalue weighted by atomic mass is 14.7. The third-order valence-corrected chi connectivity index (χ3v) is 7.57. The van der Waals surface area contributed by atoms with Crippen LogP contribution >= 0.6 is 0 Å². The van der Waals surface area contributed by atoms with Gasteiger partial charge in [0.05, 0.1) is 11.0 Å². The van der Waals surface area contributed by atoms with Gasteiger partial charge in [0.15, 0.2) is 0 Å². The Bertz CT molecular complexity index is 2100. The Morgan fingerprint density at radius 1 is 0.314 bits per heavy atom. The van der Waals surface area contributed by atoms with Crippen LogP contribution in [-0.2, 0) is 0 Å². The Kier molecular flexibility index (Phi) is 3.72. The molecule has 35 heavy (non-hydrogen) atoms. The molecule has 162 valence electrons. The molecular formula is C34H21N. The Balaban J connectivity index is 1.66. The number of fused-ring (bicyclic) bond motifs is 13. The van der Waals surface area contributed by atoms with E-state index in [4.69, 9.17) is 0 Å². The van der Waals surface area contributed by atoms with Gasteiger partial charge in [0.25, 0.3) is 0 Å². The maximum Gasteiger partial charge on any atom is 0.0551 e. The molecule has 0 unspecified atom stereocenters. The van der Waals surface area contributed by atoms with Crippen LogP contribution in [-0.4, -0.2) is 4.98 Å². The number of rotatable bonds is 1. The average molecular weight is 444 g/mol. The van der Waals surface area contributed by atoms with Gasteiger partial charge in [-0.05, 0) is 49.5 Å². The Morgan fingerprint density at radius 3 is 1.40 bits per heavy atom. The van der Waals surface area contributed by atoms with Crippen molar-refractivity contribution in [2.45, 2.75) is 0 Å². The van der Waals surface area contributed by atoms with Gasteiger partial charge in [-0.25, -0.2) is 0 Å². The number of benzene rings is 7. The van der Waals surface area contributed by atoms with Gasteiger partial charge >= 0.3 is 0 Å². The van der Waals surface area contributed by atoms with Gasteiger partial charge in [-0.2, -0.15) is 0 Å². The molecule has 1 nitrogen and oxygen atoms in total. The van der Waals surface area contributed by atoms with Crippen molar-refractivity contribution in [3.05, 3.63) is 121 Å². The lowest BCUT2D eigenvalue weighted by molar-refractivity contribution is 1.59. The minimum absolute atomic E-state index is 1.22. The minimum atomic E-state index is 1.22. The molecule has 0 aliphatic rings. The predicted octanol–water partition coefficient (Wildman–Crippen LogP) is 9.60. The molecule has 0 saturated heterocycles. The molecule has 1 aromatic heterocycles. The SMILES string of the molecule is c1ccc(-c2ccc3c(c2)c2ccccc2c2[nH]c4c5ccccc5c5ccccc5c4c32)cc1. The molecular weight excluding hydrogens is 422 g/mol. The standard InChI is InChI=1S/C34H21N/c1-2-10-21(11-3-1)22-18-19-27-30(20-22)25-14-6-9-17-29(25)34-32(27)31-26-15-7-4-12-23(26)24-13-5-8-16-28(24)33(31)35-34/h1-20,35H. The van der Waals surface area contributed by atoms with Crippen LogP contribution in [0.3, 0.4) is 0 Å². The summed E-state index contributed by atoms with van der Waals surface area (Å²) in [6.07, 6.45) is 0. The number of nitrogens with one attached hydrogen (secondary N) is 1. The summed E-state index contributed by atoms with van der Waals surface area (Å²) in [5.41, 5.74) is 4.93. The van der Waals surface area contributed by atoms with Gasteiger partial charge < -0.3 is 4.98 Å². The Labute approximate surface area is 202 Å². The molecule has 7 aromatic carbocycles. The van der Waals surface area contributed by atoms with Crippen LogP contribution in [0.5, 0.6) is 0 Å². The second-order valence-electron chi connectivity index (χ2n) is 9.39. The molecule has 0 fully saturated rings. The van der Waals surface area contributed by atoms with E-state index in [1.807, 2.05) is 0 Å². The summed E-state index contributed by atoms with van der Waals surface area (Å²) in [4.78, 5) is 3.89. The number of aromatic nitrogens is 1. The van der Waals surface area contributed by atoms with E-state index in [0.717, 1.165) is 0 Å². The van der Waals surface area contributed by atoms with E-state index >= 15 is 0 Å². The molecule has 8 rings (SSSR count). The third-order valence-electron chi connectivity index (χ3n) is 7.57. The molecule has 0 amide bonds. The van der Waals surface area contributed by atoms with E-state index in [1.54, 1.807) is 0 Å². The van der Waals surface area contributed by atoms with Gasteiger partial charge in [-0.3, -0.25) is 0 Å². The van der Waals surface area contributed by atoms with E-state index in [9.17, 15) is 0 Å². The summed E-state index contributed by atoms with van der Waals surface area (Å²) in [6.45, 7) is 0. The van der Waals surface area contributed by atoms with Crippen LogP contribution in [0.25, 0.3) is 76.0 Å². The van der Waals surface area contributed by atoms with Crippen molar-refractivity contribution in [1.29, 1.82) is 0 Å². The zero-order valence-electron chi connectivity index (χ0n) is 19.0. The van der Waals surface area contributed by atoms with Crippen molar-refractivity contribution in [3.63, 3.8) is 0 Å². The Morgan fingerprint density at radius 2 is 0.771 bits per heavy atom. The summed E-state index contributed by atoms with van der Waals surface area (Å²) >= 11 is 0. The molecule has 0 bridgehead atoms. The van der Waals surface area contributed by atoms with E-state index < -0.39 is 0 Å². The summed E-state index contributed by atoms with van der Waals surface area (Å²) in [5, 5.41) is 13.0. The van der Waals surface area contributed by atoms with Crippen molar-refractivity contribution in [1.82, 2.24) is 4.98 Å². The summed E-state index contributed by atoms with van der Waals surface area (Å²) < 4.78 is 0. The van der Waals surface area contributed by atoms with E-state index in [-0.39, 0.29) is 0 Å². The lowest BCUT2D eigenvalue weighted by Gasteiger charge is -2.11. The first-order chi connectivity index (χ1) is 17.4. The first-order valence-electron chi connectivity index (χ1n) is 12.1. The van der Waals surface area contributed by atoms with Crippen molar-refractivity contribution in [2.75, 3.05) is 0 Å². The van der Waals surface area contributed by atoms with Crippen molar-refractivity contribution in [2.24, 2.45) is 0 Å². The zero-order chi connectivity index (χ0) is 22.9. The molecule has 1 N–H and O–H groups in total. The highest BCUT2D eigenvalue weighted by molar-refractivity contribution is 6.39. The molecule has 8 aromatic rings. The molecule has 1 heteroatoms. The van der Waals surface area contributed by atoms with E-state index in [0.29, 0.717) is 0 Å². The van der Waals surface area contributed by atoms with Crippen molar-refractivity contribution >= 4 is 64.9 Å². The monoisotopic (exact) mass is 443 g/mol. The fraction of sp³-hybridized carbons (Fsp3) is 0. The van der Waals surface area contributed by atoms with Gasteiger partial charge in [-0.1, -0.05) is 115 Å². The average Bonchev–Trinajstić information content (AvgIpc) is 3.35. The van der Waals surface area contributed by atoms with Crippen LogP contribution < -0.4 is 0 Å². The van der Waals surface area contributed by atoms with Crippen LogP contribution in [0.15, 0.2) is 121 Å². The Hall–Kier alpha value is -4.62. The normalized spacial score (nSPS) is 12.0. The third kappa shape index (κ3) is 2.53. The van der Waals surface area contributed by atoms with Gasteiger partial charge in [-0.15, -0.1) is 0 Å². The number of H-pyrrole nitrogens is 1. The van der Waals surface area contributed by atoms with Crippen LogP contribution in [0.2, 0.25) is 0 Å². The van der Waals surface area contributed by atoms with Gasteiger partial charge in [0.1, 0.15) is 0 Å². The smallest absolute Gasteiger partial charge is 0.0551 e. The maximum atomic E-state index is 3.89. The van der Waals surface area contributed by atoms with Gasteiger partial charge in [0.2, 0.25) is 0 Å². The van der Waals surface area contributed by atoms with Crippen LogP contribution in [0.4, 0.5) is 0 Å². The zero-order valence-corrected chi connectivity index (χ0v) is 19.0. The predicted molar refractivity (Wildman–Crippen MR) is 151 cm³/mol. The molecule has 0 aliphatic heterocycles. The van der Waals surface area contributed by atoms with Gasteiger partial charge in [0, 0.05) is 21.5 Å². The first kappa shape index (κ1) is 18.8. The number of aromatic amines is 1. The molecule has 0 atom stereocenters. The fourth-order valence-corrected chi connectivity index (χ4v) is 6.05. The highest BCUT2D eigenvalue weighted by Gasteiger charge is 2.18. The second-order valence-corrected chi connectivity index (χ2v) is 9.39. The first-order valence-corrected chi connectivity index (χ1v) is 12.1. The largest absolute Gasteiger partial charge is 0.353 e. The number of hydrogen-bond acceptors (Lipinski definition) is 0. The lowest BCUT2D eigenvalue weighted by Crippen LogP contribution is -1.84. The summed E-state index contributed by atoms with van der Waals surface area (Å²) in [5.74, 6) is 0. The van der Waals surface area contributed by atoms with Crippen LogP contribution in [0.1, 0.15) is 0 Å². The fourth-order valence-electron chi connectivity index (χ4n) is 6.05. The van der Waals surface area contributed by atoms with Crippen LogP contribution in [0, 0.1) is 0 Å². The summed E-state index contributed by atoms with van der Waals surface area (Å²) in [6, 6.07) is 44.1. The maximum absolute atomic E-state index is 3.89. The summed E-state index contributed by atoms with van der Waals surface area (Å²) in [7, 11) is 0. The molecule has 0 radical (unpaired) electrons. The van der Waals surface area contributed by atoms with Crippen molar-refractivity contribution in [3.8, 4) is 11.1 Å². The topological polar surface area (TPSA) is 15.8 Å². The quantitative estimate of drug-likeness (QED) is 0.243. The van der Waals surface area contributed by atoms with Crippen molar-refractivity contribution < 1.29 is 0 Å². The second kappa shape index (κ2) is 6.94. The molecule has 0 saturated carbocycles.